The van der Waals surface area contributed by atoms with Gasteiger partial charge in [0.25, 0.3) is 0 Å². The molecular formula is C13H22N2O3S. The first-order chi connectivity index (χ1) is 8.88. The van der Waals surface area contributed by atoms with E-state index in [9.17, 15) is 8.42 Å². The van der Waals surface area contributed by atoms with Gasteiger partial charge >= 0.3 is 0 Å². The summed E-state index contributed by atoms with van der Waals surface area (Å²) in [5.74, 6) is 1.08. The van der Waals surface area contributed by atoms with Gasteiger partial charge in [0.2, 0.25) is 0 Å². The van der Waals surface area contributed by atoms with E-state index in [1.807, 2.05) is 31.0 Å². The van der Waals surface area contributed by atoms with Crippen molar-refractivity contribution in [2.24, 2.45) is 0 Å². The fourth-order valence-corrected chi connectivity index (χ4v) is 2.87. The van der Waals surface area contributed by atoms with Gasteiger partial charge in [-0.3, -0.25) is 9.88 Å². The van der Waals surface area contributed by atoms with Gasteiger partial charge < -0.3 is 4.74 Å². The smallest absolute Gasteiger partial charge is 0.151 e. The van der Waals surface area contributed by atoms with E-state index < -0.39 is 9.84 Å². The van der Waals surface area contributed by atoms with Gasteiger partial charge in [-0.25, -0.2) is 8.42 Å². The van der Waals surface area contributed by atoms with E-state index in [2.05, 4.69) is 4.98 Å². The van der Waals surface area contributed by atoms with Crippen LogP contribution in [0.3, 0.4) is 0 Å². The summed E-state index contributed by atoms with van der Waals surface area (Å²) in [5, 5.41) is 0. The molecule has 0 fully saturated rings. The highest BCUT2D eigenvalue weighted by molar-refractivity contribution is 7.91. The summed E-state index contributed by atoms with van der Waals surface area (Å²) in [4.78, 5) is 6.26. The third kappa shape index (κ3) is 5.16. The Hall–Kier alpha value is -1.14. The quantitative estimate of drug-likeness (QED) is 0.757. The summed E-state index contributed by atoms with van der Waals surface area (Å²) in [7, 11) is 0.553. The van der Waals surface area contributed by atoms with Gasteiger partial charge in [0.15, 0.2) is 9.84 Å². The lowest BCUT2D eigenvalue weighted by Gasteiger charge is -2.24. The van der Waals surface area contributed by atoms with E-state index in [1.54, 1.807) is 20.2 Å². The number of ether oxygens (including phenoxy) is 1. The van der Waals surface area contributed by atoms with Crippen LogP contribution in [0.25, 0.3) is 0 Å². The molecule has 0 saturated carbocycles. The molecule has 0 radical (unpaired) electrons. The zero-order valence-corrected chi connectivity index (χ0v) is 12.8. The molecule has 0 aliphatic rings. The maximum Gasteiger partial charge on any atom is 0.151 e. The average molecular weight is 286 g/mol. The number of hydrogen-bond donors (Lipinski definition) is 0. The van der Waals surface area contributed by atoms with Crippen LogP contribution in [0, 0.1) is 0 Å². The molecule has 0 aromatic carbocycles. The molecule has 0 aliphatic heterocycles. The Morgan fingerprint density at radius 2 is 2.11 bits per heavy atom. The summed E-state index contributed by atoms with van der Waals surface area (Å²) in [6.07, 6.45) is 1.66. The summed E-state index contributed by atoms with van der Waals surface area (Å²) < 4.78 is 28.2. The first kappa shape index (κ1) is 15.9. The van der Waals surface area contributed by atoms with Gasteiger partial charge in [0, 0.05) is 18.3 Å². The number of sulfone groups is 1. The number of rotatable bonds is 7. The van der Waals surface area contributed by atoms with Crippen LogP contribution in [-0.2, 0) is 16.4 Å². The monoisotopic (exact) mass is 286 g/mol. The minimum atomic E-state index is -2.95. The SMILES string of the molecule is CCS(=O)(=O)CC(C)N(C)Cc1ccc(OC)cn1. The summed E-state index contributed by atoms with van der Waals surface area (Å²) >= 11 is 0. The summed E-state index contributed by atoms with van der Waals surface area (Å²) in [5.41, 5.74) is 0.893. The fraction of sp³-hybridized carbons (Fsp3) is 0.615. The molecule has 0 spiro atoms. The fourth-order valence-electron chi connectivity index (χ4n) is 1.65. The minimum Gasteiger partial charge on any atom is -0.495 e. The van der Waals surface area contributed by atoms with Crippen molar-refractivity contribution >= 4 is 9.84 Å². The van der Waals surface area contributed by atoms with Gasteiger partial charge in [0.1, 0.15) is 5.75 Å². The lowest BCUT2D eigenvalue weighted by atomic mass is 10.3. The van der Waals surface area contributed by atoms with Crippen molar-refractivity contribution in [2.75, 3.05) is 25.7 Å². The third-order valence-corrected chi connectivity index (χ3v) is 5.00. The van der Waals surface area contributed by atoms with Gasteiger partial charge in [-0.1, -0.05) is 6.92 Å². The van der Waals surface area contributed by atoms with Crippen molar-refractivity contribution in [2.45, 2.75) is 26.4 Å². The normalized spacial score (nSPS) is 13.5. The molecule has 1 rings (SSSR count). The van der Waals surface area contributed by atoms with Gasteiger partial charge in [-0.15, -0.1) is 0 Å². The Bertz CT molecular complexity index is 485. The van der Waals surface area contributed by atoms with Gasteiger partial charge in [-0.05, 0) is 26.1 Å². The molecule has 1 aromatic rings. The second-order valence-electron chi connectivity index (χ2n) is 4.65. The van der Waals surface area contributed by atoms with Gasteiger partial charge in [-0.2, -0.15) is 0 Å². The van der Waals surface area contributed by atoms with Crippen LogP contribution in [0.2, 0.25) is 0 Å². The third-order valence-electron chi connectivity index (χ3n) is 3.13. The van der Waals surface area contributed by atoms with Crippen molar-refractivity contribution in [3.8, 4) is 5.75 Å². The van der Waals surface area contributed by atoms with Crippen LogP contribution in [0.5, 0.6) is 5.75 Å². The number of nitrogens with zero attached hydrogens (tertiary/aromatic N) is 2. The number of hydrogen-bond acceptors (Lipinski definition) is 5. The van der Waals surface area contributed by atoms with Crippen LogP contribution in [0.15, 0.2) is 18.3 Å². The number of methoxy groups -OCH3 is 1. The van der Waals surface area contributed by atoms with Gasteiger partial charge in [0.05, 0.1) is 24.8 Å². The van der Waals surface area contributed by atoms with E-state index in [1.165, 1.54) is 0 Å². The van der Waals surface area contributed by atoms with Crippen LogP contribution in [0.1, 0.15) is 19.5 Å². The Kier molecular flexibility index (Phi) is 5.75. The molecule has 1 unspecified atom stereocenters. The first-order valence-corrected chi connectivity index (χ1v) is 8.09. The molecule has 1 aromatic heterocycles. The van der Waals surface area contributed by atoms with E-state index in [-0.39, 0.29) is 17.5 Å². The van der Waals surface area contributed by atoms with Crippen LogP contribution in [0.4, 0.5) is 0 Å². The Morgan fingerprint density at radius 3 is 2.58 bits per heavy atom. The van der Waals surface area contributed by atoms with E-state index in [0.717, 1.165) is 5.69 Å². The highest BCUT2D eigenvalue weighted by Gasteiger charge is 2.17. The van der Waals surface area contributed by atoms with E-state index in [0.29, 0.717) is 12.3 Å². The van der Waals surface area contributed by atoms with Crippen molar-refractivity contribution in [3.05, 3.63) is 24.0 Å². The lowest BCUT2D eigenvalue weighted by Crippen LogP contribution is -2.35. The molecule has 108 valence electrons. The minimum absolute atomic E-state index is 0.0335. The average Bonchev–Trinajstić information content (AvgIpc) is 2.39. The highest BCUT2D eigenvalue weighted by atomic mass is 32.2. The van der Waals surface area contributed by atoms with E-state index >= 15 is 0 Å². The molecule has 0 N–H and O–H groups in total. The molecule has 1 heterocycles. The molecule has 0 saturated heterocycles. The lowest BCUT2D eigenvalue weighted by molar-refractivity contribution is 0.264. The largest absolute Gasteiger partial charge is 0.495 e. The molecule has 0 bridgehead atoms. The zero-order valence-electron chi connectivity index (χ0n) is 12.0. The Balaban J connectivity index is 2.60. The number of aromatic nitrogens is 1. The van der Waals surface area contributed by atoms with Crippen LogP contribution >= 0.6 is 0 Å². The molecule has 1 atom stereocenters. The maximum atomic E-state index is 11.6. The maximum absolute atomic E-state index is 11.6. The Labute approximate surface area is 115 Å². The molecule has 5 nitrogen and oxygen atoms in total. The topological polar surface area (TPSA) is 59.5 Å². The zero-order chi connectivity index (χ0) is 14.5. The predicted octanol–water partition coefficient (Wildman–Crippen LogP) is 1.35. The van der Waals surface area contributed by atoms with Crippen molar-refractivity contribution in [3.63, 3.8) is 0 Å². The first-order valence-electron chi connectivity index (χ1n) is 6.27. The number of pyridine rings is 1. The van der Waals surface area contributed by atoms with Crippen molar-refractivity contribution in [1.82, 2.24) is 9.88 Å². The summed E-state index contributed by atoms with van der Waals surface area (Å²) in [6.45, 7) is 4.20. The van der Waals surface area contributed by atoms with Crippen molar-refractivity contribution in [1.29, 1.82) is 0 Å². The second kappa shape index (κ2) is 6.86. The van der Waals surface area contributed by atoms with Crippen LogP contribution in [-0.4, -0.2) is 50.0 Å². The molecule has 6 heteroatoms. The standard InChI is InChI=1S/C13H22N2O3S/c1-5-19(16,17)10-11(2)15(3)9-12-6-7-13(18-4)8-14-12/h6-8,11H,5,9-10H2,1-4H3. The molecular weight excluding hydrogens is 264 g/mol. The summed E-state index contributed by atoms with van der Waals surface area (Å²) in [6, 6.07) is 3.70. The molecule has 0 aliphatic carbocycles. The second-order valence-corrected chi connectivity index (χ2v) is 7.05. The molecule has 19 heavy (non-hydrogen) atoms. The van der Waals surface area contributed by atoms with Crippen molar-refractivity contribution < 1.29 is 13.2 Å². The Morgan fingerprint density at radius 1 is 1.42 bits per heavy atom. The predicted molar refractivity (Wildman–Crippen MR) is 76.0 cm³/mol. The highest BCUT2D eigenvalue weighted by Crippen LogP contribution is 2.11. The molecule has 0 amide bonds. The van der Waals surface area contributed by atoms with Crippen LogP contribution < -0.4 is 4.74 Å². The van der Waals surface area contributed by atoms with E-state index in [4.69, 9.17) is 4.74 Å².